The number of benzene rings is 1. The van der Waals surface area contributed by atoms with Gasteiger partial charge in [0.25, 0.3) is 0 Å². The Balaban J connectivity index is 1.90. The molecule has 1 aromatic carbocycles. The molecule has 0 aliphatic heterocycles. The van der Waals surface area contributed by atoms with Crippen LogP contribution in [0.25, 0.3) is 0 Å². The largest absolute Gasteiger partial charge is 0.374 e. The molecule has 0 spiro atoms. The Morgan fingerprint density at radius 3 is 2.79 bits per heavy atom. The average molecular weight is 264 g/mol. The van der Waals surface area contributed by atoms with E-state index in [4.69, 9.17) is 0 Å². The van der Waals surface area contributed by atoms with Gasteiger partial charge in [-0.25, -0.2) is 13.2 Å². The van der Waals surface area contributed by atoms with E-state index in [2.05, 4.69) is 10.3 Å². The van der Waals surface area contributed by atoms with E-state index in [1.807, 2.05) is 12.1 Å². The van der Waals surface area contributed by atoms with Crippen LogP contribution in [0.15, 0.2) is 30.5 Å². The fourth-order valence-corrected chi connectivity index (χ4v) is 2.38. The molecule has 1 N–H and O–H groups in total. The SMILES string of the molecule is Fc1ccc(NC2CCc3cccnc32)c(F)c1F. The Labute approximate surface area is 108 Å². The van der Waals surface area contributed by atoms with E-state index in [1.165, 1.54) is 6.07 Å². The monoisotopic (exact) mass is 264 g/mol. The molecule has 2 aromatic rings. The number of rotatable bonds is 2. The van der Waals surface area contributed by atoms with Crippen molar-refractivity contribution in [3.63, 3.8) is 0 Å². The third kappa shape index (κ3) is 2.05. The van der Waals surface area contributed by atoms with Crippen molar-refractivity contribution in [3.8, 4) is 0 Å². The number of nitrogens with zero attached hydrogens (tertiary/aromatic N) is 1. The van der Waals surface area contributed by atoms with Gasteiger partial charge in [0, 0.05) is 6.20 Å². The van der Waals surface area contributed by atoms with Crippen molar-refractivity contribution >= 4 is 5.69 Å². The molecule has 0 bridgehead atoms. The molecule has 3 rings (SSSR count). The van der Waals surface area contributed by atoms with E-state index in [1.54, 1.807) is 6.20 Å². The summed E-state index contributed by atoms with van der Waals surface area (Å²) in [5.41, 5.74) is 1.90. The van der Waals surface area contributed by atoms with E-state index in [0.29, 0.717) is 0 Å². The lowest BCUT2D eigenvalue weighted by atomic mass is 10.2. The van der Waals surface area contributed by atoms with Crippen molar-refractivity contribution in [2.45, 2.75) is 18.9 Å². The zero-order valence-electron chi connectivity index (χ0n) is 9.96. The highest BCUT2D eigenvalue weighted by Gasteiger charge is 2.25. The van der Waals surface area contributed by atoms with Crippen LogP contribution >= 0.6 is 0 Å². The van der Waals surface area contributed by atoms with Gasteiger partial charge in [-0.05, 0) is 36.6 Å². The molecule has 5 heteroatoms. The molecule has 2 nitrogen and oxygen atoms in total. The fourth-order valence-electron chi connectivity index (χ4n) is 2.38. The number of aromatic nitrogens is 1. The minimum absolute atomic E-state index is 0.0394. The van der Waals surface area contributed by atoms with Crippen molar-refractivity contribution in [1.29, 1.82) is 0 Å². The Morgan fingerprint density at radius 1 is 1.11 bits per heavy atom. The average Bonchev–Trinajstić information content (AvgIpc) is 2.83. The summed E-state index contributed by atoms with van der Waals surface area (Å²) in [6.07, 6.45) is 3.26. The first-order valence-electron chi connectivity index (χ1n) is 6.00. The Kier molecular flexibility index (Phi) is 2.89. The number of halogens is 3. The van der Waals surface area contributed by atoms with Crippen molar-refractivity contribution < 1.29 is 13.2 Å². The number of fused-ring (bicyclic) bond motifs is 1. The molecule has 98 valence electrons. The summed E-state index contributed by atoms with van der Waals surface area (Å²) in [4.78, 5) is 4.25. The lowest BCUT2D eigenvalue weighted by Gasteiger charge is -2.15. The maximum atomic E-state index is 13.6. The third-order valence-electron chi connectivity index (χ3n) is 3.32. The molecule has 19 heavy (non-hydrogen) atoms. The zero-order valence-corrected chi connectivity index (χ0v) is 9.96. The summed E-state index contributed by atoms with van der Waals surface area (Å²) in [5.74, 6) is -3.83. The van der Waals surface area contributed by atoms with Crippen LogP contribution in [0.5, 0.6) is 0 Å². The van der Waals surface area contributed by atoms with Gasteiger partial charge in [-0.15, -0.1) is 0 Å². The van der Waals surface area contributed by atoms with E-state index < -0.39 is 17.5 Å². The summed E-state index contributed by atoms with van der Waals surface area (Å²) in [6, 6.07) is 5.75. The second-order valence-electron chi connectivity index (χ2n) is 4.51. The standard InChI is InChI=1S/C14H11F3N2/c15-9-4-6-10(13(17)12(9)16)19-11-5-3-8-2-1-7-18-14(8)11/h1-2,4,6-7,11,19H,3,5H2. The van der Waals surface area contributed by atoms with Crippen LogP contribution in [0, 0.1) is 17.5 Å². The van der Waals surface area contributed by atoms with Crippen molar-refractivity contribution in [3.05, 3.63) is 59.2 Å². The normalized spacial score (nSPS) is 17.3. The van der Waals surface area contributed by atoms with Crippen LogP contribution < -0.4 is 5.32 Å². The van der Waals surface area contributed by atoms with Crippen molar-refractivity contribution in [2.75, 3.05) is 5.32 Å². The molecule has 1 aromatic heterocycles. The van der Waals surface area contributed by atoms with E-state index in [0.717, 1.165) is 30.2 Å². The smallest absolute Gasteiger partial charge is 0.196 e. The predicted octanol–water partition coefficient (Wildman–Crippen LogP) is 3.60. The molecular formula is C14H11F3N2. The molecule has 1 aliphatic rings. The molecule has 0 fully saturated rings. The van der Waals surface area contributed by atoms with E-state index >= 15 is 0 Å². The summed E-state index contributed by atoms with van der Waals surface area (Å²) in [6.45, 7) is 0. The van der Waals surface area contributed by atoms with E-state index in [9.17, 15) is 13.2 Å². The van der Waals surface area contributed by atoms with Crippen LogP contribution in [0.3, 0.4) is 0 Å². The molecule has 0 radical (unpaired) electrons. The van der Waals surface area contributed by atoms with Crippen LogP contribution in [-0.4, -0.2) is 4.98 Å². The topological polar surface area (TPSA) is 24.9 Å². The Hall–Kier alpha value is -2.04. The highest BCUT2D eigenvalue weighted by atomic mass is 19.2. The molecule has 0 saturated carbocycles. The number of aryl methyl sites for hydroxylation is 1. The molecule has 1 aliphatic carbocycles. The number of hydrogen-bond acceptors (Lipinski definition) is 2. The Bertz CT molecular complexity index is 628. The van der Waals surface area contributed by atoms with Gasteiger partial charge in [-0.2, -0.15) is 0 Å². The van der Waals surface area contributed by atoms with Gasteiger partial charge in [0.1, 0.15) is 0 Å². The van der Waals surface area contributed by atoms with Crippen LogP contribution in [0.2, 0.25) is 0 Å². The lowest BCUT2D eigenvalue weighted by Crippen LogP contribution is -2.11. The molecule has 1 unspecified atom stereocenters. The third-order valence-corrected chi connectivity index (χ3v) is 3.32. The first kappa shape index (κ1) is 12.0. The van der Waals surface area contributed by atoms with Gasteiger partial charge in [0.05, 0.1) is 17.4 Å². The second kappa shape index (κ2) is 4.57. The molecular weight excluding hydrogens is 253 g/mol. The number of hydrogen-bond donors (Lipinski definition) is 1. The molecule has 0 saturated heterocycles. The van der Waals surface area contributed by atoms with Crippen LogP contribution in [-0.2, 0) is 6.42 Å². The molecule has 0 amide bonds. The number of nitrogens with one attached hydrogen (secondary N) is 1. The minimum Gasteiger partial charge on any atom is -0.374 e. The Morgan fingerprint density at radius 2 is 1.95 bits per heavy atom. The first-order chi connectivity index (χ1) is 9.16. The lowest BCUT2D eigenvalue weighted by molar-refractivity contribution is 0.448. The summed E-state index contributed by atoms with van der Waals surface area (Å²) in [7, 11) is 0. The highest BCUT2D eigenvalue weighted by molar-refractivity contribution is 5.48. The highest BCUT2D eigenvalue weighted by Crippen LogP contribution is 2.33. The van der Waals surface area contributed by atoms with Crippen LogP contribution in [0.4, 0.5) is 18.9 Å². The molecule has 1 heterocycles. The summed E-state index contributed by atoms with van der Waals surface area (Å²) >= 11 is 0. The zero-order chi connectivity index (χ0) is 13.4. The van der Waals surface area contributed by atoms with E-state index in [-0.39, 0.29) is 11.7 Å². The summed E-state index contributed by atoms with van der Waals surface area (Å²) in [5, 5.41) is 2.89. The van der Waals surface area contributed by atoms with Gasteiger partial charge in [0.15, 0.2) is 17.5 Å². The maximum absolute atomic E-state index is 13.6. The minimum atomic E-state index is -1.45. The van der Waals surface area contributed by atoms with Gasteiger partial charge >= 0.3 is 0 Å². The van der Waals surface area contributed by atoms with Crippen molar-refractivity contribution in [1.82, 2.24) is 4.98 Å². The van der Waals surface area contributed by atoms with Crippen LogP contribution in [0.1, 0.15) is 23.7 Å². The van der Waals surface area contributed by atoms with Gasteiger partial charge in [-0.1, -0.05) is 6.07 Å². The van der Waals surface area contributed by atoms with Gasteiger partial charge in [0.2, 0.25) is 0 Å². The maximum Gasteiger partial charge on any atom is 0.196 e. The number of pyridine rings is 1. The second-order valence-corrected chi connectivity index (χ2v) is 4.51. The van der Waals surface area contributed by atoms with Gasteiger partial charge < -0.3 is 5.32 Å². The first-order valence-corrected chi connectivity index (χ1v) is 6.00. The fraction of sp³-hybridized carbons (Fsp3) is 0.214. The quantitative estimate of drug-likeness (QED) is 0.838. The predicted molar refractivity (Wildman–Crippen MR) is 65.2 cm³/mol. The summed E-state index contributed by atoms with van der Waals surface area (Å²) < 4.78 is 39.6. The van der Waals surface area contributed by atoms with Crippen molar-refractivity contribution in [2.24, 2.45) is 0 Å². The van der Waals surface area contributed by atoms with Gasteiger partial charge in [-0.3, -0.25) is 4.98 Å². The number of anilines is 1. The molecule has 1 atom stereocenters.